The van der Waals surface area contributed by atoms with Crippen molar-refractivity contribution >= 4 is 11.8 Å². The Balaban J connectivity index is 1.30. The maximum Gasteiger partial charge on any atom is 0.280 e. The third-order valence-corrected chi connectivity index (χ3v) is 7.27. The van der Waals surface area contributed by atoms with Gasteiger partial charge in [0.1, 0.15) is 0 Å². The van der Waals surface area contributed by atoms with Crippen LogP contribution in [-0.4, -0.2) is 66.9 Å². The first-order valence-electron chi connectivity index (χ1n) is 13.6. The first-order valence-corrected chi connectivity index (χ1v) is 13.6. The second-order valence-electron chi connectivity index (χ2n) is 11.7. The van der Waals surface area contributed by atoms with Gasteiger partial charge >= 0.3 is 0 Å². The van der Waals surface area contributed by atoms with Crippen molar-refractivity contribution < 1.29 is 23.8 Å². The molecule has 0 atom stereocenters. The molecule has 9 heteroatoms. The van der Waals surface area contributed by atoms with E-state index in [1.807, 2.05) is 4.68 Å². The van der Waals surface area contributed by atoms with E-state index in [1.165, 1.54) is 5.56 Å². The summed E-state index contributed by atoms with van der Waals surface area (Å²) in [4.78, 5) is 25.0. The van der Waals surface area contributed by atoms with E-state index in [0.717, 1.165) is 43.1 Å². The largest absolute Gasteiger partial charge is 0.381 e. The molecule has 2 saturated heterocycles. The number of nitrogens with one attached hydrogen (secondary N) is 2. The molecule has 2 aromatic rings. The number of carbonyl (C=O) groups excluding carboxylic acids is 2. The molecule has 208 valence electrons. The lowest BCUT2D eigenvalue weighted by Gasteiger charge is -2.36. The van der Waals surface area contributed by atoms with E-state index in [0.29, 0.717) is 32.1 Å². The molecule has 2 N–H and O–H groups in total. The summed E-state index contributed by atoms with van der Waals surface area (Å²) >= 11 is 0. The van der Waals surface area contributed by atoms with Crippen LogP contribution in [0, 0.1) is 18.8 Å². The van der Waals surface area contributed by atoms with Crippen molar-refractivity contribution in [1.82, 2.24) is 20.4 Å². The molecule has 0 bridgehead atoms. The molecule has 0 radical (unpaired) electrons. The van der Waals surface area contributed by atoms with Crippen molar-refractivity contribution in [3.05, 3.63) is 47.3 Å². The SMILES string of the molecule is Cc1ccc(-n2nc(C(C)(C)C)cc2CC2COC(C)(C(=O)NCC(=O)NCC3CCOCC3)OC2)cc1. The summed E-state index contributed by atoms with van der Waals surface area (Å²) in [6.45, 7) is 12.8. The number of carbonyl (C=O) groups is 2. The number of aryl methyl sites for hydroxylation is 1. The lowest BCUT2D eigenvalue weighted by atomic mass is 9.91. The van der Waals surface area contributed by atoms with E-state index in [1.54, 1.807) is 6.92 Å². The molecule has 38 heavy (non-hydrogen) atoms. The van der Waals surface area contributed by atoms with Crippen molar-refractivity contribution in [1.29, 1.82) is 0 Å². The Labute approximate surface area is 225 Å². The van der Waals surface area contributed by atoms with Crippen molar-refractivity contribution in [2.24, 2.45) is 11.8 Å². The lowest BCUT2D eigenvalue weighted by molar-refractivity contribution is -0.259. The molecule has 1 aromatic heterocycles. The van der Waals surface area contributed by atoms with E-state index >= 15 is 0 Å². The highest BCUT2D eigenvalue weighted by Crippen LogP contribution is 2.28. The van der Waals surface area contributed by atoms with Crippen LogP contribution in [0.3, 0.4) is 0 Å². The smallest absolute Gasteiger partial charge is 0.280 e. The van der Waals surface area contributed by atoms with Crippen LogP contribution in [0.1, 0.15) is 57.5 Å². The molecule has 2 aliphatic rings. The van der Waals surface area contributed by atoms with E-state index in [4.69, 9.17) is 19.3 Å². The van der Waals surface area contributed by atoms with Gasteiger partial charge in [0.2, 0.25) is 11.7 Å². The van der Waals surface area contributed by atoms with E-state index < -0.39 is 11.7 Å². The molecule has 4 rings (SSSR count). The van der Waals surface area contributed by atoms with Gasteiger partial charge in [-0.25, -0.2) is 4.68 Å². The number of hydrogen-bond acceptors (Lipinski definition) is 6. The average Bonchev–Trinajstić information content (AvgIpc) is 3.33. The van der Waals surface area contributed by atoms with Gasteiger partial charge in [-0.3, -0.25) is 9.59 Å². The van der Waals surface area contributed by atoms with Crippen LogP contribution < -0.4 is 10.6 Å². The molecule has 9 nitrogen and oxygen atoms in total. The highest BCUT2D eigenvalue weighted by molar-refractivity contribution is 5.88. The Morgan fingerprint density at radius 3 is 2.34 bits per heavy atom. The number of rotatable bonds is 8. The van der Waals surface area contributed by atoms with Crippen molar-refractivity contribution in [3.8, 4) is 5.69 Å². The molecule has 0 spiro atoms. The minimum Gasteiger partial charge on any atom is -0.381 e. The Hall–Kier alpha value is -2.75. The maximum absolute atomic E-state index is 12.8. The zero-order valence-electron chi connectivity index (χ0n) is 23.3. The van der Waals surface area contributed by atoms with Crippen LogP contribution in [0.5, 0.6) is 0 Å². The van der Waals surface area contributed by atoms with Crippen LogP contribution in [0.15, 0.2) is 30.3 Å². The molecular weight excluding hydrogens is 484 g/mol. The number of benzene rings is 1. The van der Waals surface area contributed by atoms with Gasteiger partial charge in [-0.2, -0.15) is 5.10 Å². The molecule has 2 fully saturated rings. The number of amides is 2. The molecule has 2 aliphatic heterocycles. The predicted octanol–water partition coefficient (Wildman–Crippen LogP) is 3.06. The van der Waals surface area contributed by atoms with E-state index in [2.05, 4.69) is 68.7 Å². The van der Waals surface area contributed by atoms with Gasteiger partial charge in [-0.15, -0.1) is 0 Å². The Kier molecular flexibility index (Phi) is 8.90. The minimum atomic E-state index is -1.43. The third-order valence-electron chi connectivity index (χ3n) is 7.27. The Morgan fingerprint density at radius 2 is 1.71 bits per heavy atom. The molecule has 0 unspecified atom stereocenters. The fraction of sp³-hybridized carbons (Fsp3) is 0.621. The zero-order chi connectivity index (χ0) is 27.3. The molecule has 0 saturated carbocycles. The van der Waals surface area contributed by atoms with Gasteiger partial charge in [0.15, 0.2) is 0 Å². The van der Waals surface area contributed by atoms with Gasteiger partial charge in [0.25, 0.3) is 5.91 Å². The first kappa shape index (κ1) is 28.3. The predicted molar refractivity (Wildman–Crippen MR) is 144 cm³/mol. The Morgan fingerprint density at radius 1 is 1.05 bits per heavy atom. The normalized spacial score (nSPS) is 22.7. The summed E-state index contributed by atoms with van der Waals surface area (Å²) in [5.74, 6) is -1.61. The second-order valence-corrected chi connectivity index (χ2v) is 11.7. The number of hydrogen-bond donors (Lipinski definition) is 2. The fourth-order valence-electron chi connectivity index (χ4n) is 4.62. The summed E-state index contributed by atoms with van der Waals surface area (Å²) in [6, 6.07) is 10.5. The van der Waals surface area contributed by atoms with Crippen LogP contribution >= 0.6 is 0 Å². The maximum atomic E-state index is 12.8. The number of ether oxygens (including phenoxy) is 3. The molecule has 0 aliphatic carbocycles. The quantitative estimate of drug-likeness (QED) is 0.548. The highest BCUT2D eigenvalue weighted by Gasteiger charge is 2.40. The average molecular weight is 527 g/mol. The number of aromatic nitrogens is 2. The van der Waals surface area contributed by atoms with Gasteiger partial charge < -0.3 is 24.8 Å². The van der Waals surface area contributed by atoms with Crippen molar-refractivity contribution in [2.45, 2.75) is 65.1 Å². The Bertz CT molecular complexity index is 1090. The van der Waals surface area contributed by atoms with Crippen molar-refractivity contribution in [3.63, 3.8) is 0 Å². The topological polar surface area (TPSA) is 104 Å². The summed E-state index contributed by atoms with van der Waals surface area (Å²) in [5.41, 5.74) is 4.22. The van der Waals surface area contributed by atoms with Crippen LogP contribution in [0.25, 0.3) is 5.69 Å². The molecule has 2 amide bonds. The van der Waals surface area contributed by atoms with Crippen LogP contribution in [0.4, 0.5) is 0 Å². The van der Waals surface area contributed by atoms with Gasteiger partial charge in [-0.1, -0.05) is 38.5 Å². The van der Waals surface area contributed by atoms with Gasteiger partial charge in [0.05, 0.1) is 31.1 Å². The standard InChI is InChI=1S/C29H42N4O5/c1-20-6-8-23(9-7-20)33-24(15-25(32-33)28(2,3)4)14-22-18-37-29(5,38-19-22)27(35)31-17-26(34)30-16-21-10-12-36-13-11-21/h6-9,15,21-22H,10-14,16-19H2,1-5H3,(H,30,34)(H,31,35). The van der Waals surface area contributed by atoms with E-state index in [-0.39, 0.29) is 23.8 Å². The minimum absolute atomic E-state index is 0.0624. The molecular formula is C29H42N4O5. The summed E-state index contributed by atoms with van der Waals surface area (Å²) in [6.07, 6.45) is 2.58. The second kappa shape index (κ2) is 12.0. The zero-order valence-corrected chi connectivity index (χ0v) is 23.3. The van der Waals surface area contributed by atoms with Crippen LogP contribution in [0.2, 0.25) is 0 Å². The monoisotopic (exact) mass is 526 g/mol. The lowest BCUT2D eigenvalue weighted by Crippen LogP contribution is -2.54. The summed E-state index contributed by atoms with van der Waals surface area (Å²) in [5, 5.41) is 10.5. The van der Waals surface area contributed by atoms with Gasteiger partial charge in [0, 0.05) is 36.8 Å². The summed E-state index contributed by atoms with van der Waals surface area (Å²) < 4.78 is 19.2. The molecule has 1 aromatic carbocycles. The fourth-order valence-corrected chi connectivity index (χ4v) is 4.62. The third kappa shape index (κ3) is 7.21. The van der Waals surface area contributed by atoms with Crippen molar-refractivity contribution in [2.75, 3.05) is 39.5 Å². The van der Waals surface area contributed by atoms with Crippen LogP contribution in [-0.2, 0) is 35.6 Å². The highest BCUT2D eigenvalue weighted by atomic mass is 16.7. The number of nitrogens with zero attached hydrogens (tertiary/aromatic N) is 2. The van der Waals surface area contributed by atoms with Gasteiger partial charge in [-0.05, 0) is 57.2 Å². The summed E-state index contributed by atoms with van der Waals surface area (Å²) in [7, 11) is 0. The first-order chi connectivity index (χ1) is 18.0. The van der Waals surface area contributed by atoms with E-state index in [9.17, 15) is 9.59 Å². The molecule has 3 heterocycles.